The van der Waals surface area contributed by atoms with Gasteiger partial charge in [-0.3, -0.25) is 9.36 Å². The van der Waals surface area contributed by atoms with Crippen LogP contribution in [0.3, 0.4) is 0 Å². The zero-order valence-electron chi connectivity index (χ0n) is 18.7. The molecule has 7 nitrogen and oxygen atoms in total. The molecule has 1 fully saturated rings. The van der Waals surface area contributed by atoms with Crippen LogP contribution in [0.15, 0.2) is 53.7 Å². The second kappa shape index (κ2) is 10.2. The van der Waals surface area contributed by atoms with Crippen LogP contribution in [-0.4, -0.2) is 52.2 Å². The van der Waals surface area contributed by atoms with E-state index in [1.807, 2.05) is 51.1 Å². The molecule has 0 spiro atoms. The van der Waals surface area contributed by atoms with Crippen LogP contribution in [0.1, 0.15) is 23.6 Å². The van der Waals surface area contributed by atoms with Crippen molar-refractivity contribution in [3.05, 3.63) is 65.2 Å². The minimum Gasteiger partial charge on any atom is -0.378 e. The molecule has 0 saturated carbocycles. The number of hydrogen-bond donors (Lipinski definition) is 1. The van der Waals surface area contributed by atoms with Gasteiger partial charge < -0.3 is 15.0 Å². The first-order valence-corrected chi connectivity index (χ1v) is 11.7. The van der Waals surface area contributed by atoms with Gasteiger partial charge in [-0.1, -0.05) is 59.8 Å². The fourth-order valence-electron chi connectivity index (χ4n) is 3.67. The van der Waals surface area contributed by atoms with Gasteiger partial charge in [0.25, 0.3) is 0 Å². The number of thioether (sulfide) groups is 1. The van der Waals surface area contributed by atoms with Crippen molar-refractivity contribution in [3.63, 3.8) is 0 Å². The number of nitrogens with one attached hydrogen (secondary N) is 1. The van der Waals surface area contributed by atoms with Crippen LogP contribution in [0.2, 0.25) is 0 Å². The molecule has 1 aliphatic heterocycles. The molecule has 3 aromatic rings. The number of hydrogen-bond acceptors (Lipinski definition) is 6. The Bertz CT molecular complexity index is 1060. The van der Waals surface area contributed by atoms with Crippen molar-refractivity contribution >= 4 is 29.3 Å². The number of carbonyl (C=O) groups is 1. The monoisotopic (exact) mass is 451 g/mol. The molecule has 4 rings (SSSR count). The first-order valence-electron chi connectivity index (χ1n) is 10.9. The van der Waals surface area contributed by atoms with Gasteiger partial charge in [-0.25, -0.2) is 0 Å². The number of rotatable bonds is 7. The first kappa shape index (κ1) is 22.4. The largest absolute Gasteiger partial charge is 0.378 e. The second-order valence-electron chi connectivity index (χ2n) is 8.02. The first-order chi connectivity index (χ1) is 15.5. The van der Waals surface area contributed by atoms with Crippen LogP contribution in [0.5, 0.6) is 0 Å². The summed E-state index contributed by atoms with van der Waals surface area (Å²) in [6.45, 7) is 9.51. The lowest BCUT2D eigenvalue weighted by Gasteiger charge is -2.28. The van der Waals surface area contributed by atoms with E-state index in [1.165, 1.54) is 17.3 Å². The van der Waals surface area contributed by atoms with Crippen molar-refractivity contribution in [3.8, 4) is 0 Å². The minimum absolute atomic E-state index is 0.0517. The molecule has 1 aromatic heterocycles. The SMILES string of the molecule is Cc1ccc(NC(=O)C(C)Sc2nnc(N3CCOCC3)n2Cc2ccccc2)c(C)c1. The summed E-state index contributed by atoms with van der Waals surface area (Å²) in [6.07, 6.45) is 0. The van der Waals surface area contributed by atoms with Crippen LogP contribution in [0.4, 0.5) is 11.6 Å². The van der Waals surface area contributed by atoms with Crippen molar-refractivity contribution in [1.82, 2.24) is 14.8 Å². The average Bonchev–Trinajstić information content (AvgIpc) is 3.18. The zero-order chi connectivity index (χ0) is 22.5. The molecular weight excluding hydrogens is 422 g/mol. The quantitative estimate of drug-likeness (QED) is 0.550. The van der Waals surface area contributed by atoms with E-state index in [9.17, 15) is 4.79 Å². The number of anilines is 2. The lowest BCUT2D eigenvalue weighted by molar-refractivity contribution is -0.115. The van der Waals surface area contributed by atoms with E-state index in [4.69, 9.17) is 4.74 Å². The zero-order valence-corrected chi connectivity index (χ0v) is 19.6. The molecule has 1 N–H and O–H groups in total. The molecule has 1 saturated heterocycles. The molecule has 2 heterocycles. The molecule has 1 atom stereocenters. The van der Waals surface area contributed by atoms with E-state index in [2.05, 4.69) is 43.2 Å². The smallest absolute Gasteiger partial charge is 0.237 e. The normalized spacial score (nSPS) is 14.9. The summed E-state index contributed by atoms with van der Waals surface area (Å²) in [5.41, 5.74) is 4.23. The third kappa shape index (κ3) is 5.31. The van der Waals surface area contributed by atoms with Gasteiger partial charge in [0.15, 0.2) is 5.16 Å². The van der Waals surface area contributed by atoms with Crippen molar-refractivity contribution in [2.75, 3.05) is 36.5 Å². The molecule has 1 unspecified atom stereocenters. The highest BCUT2D eigenvalue weighted by Gasteiger charge is 2.24. The third-order valence-electron chi connectivity index (χ3n) is 5.47. The van der Waals surface area contributed by atoms with E-state index in [1.54, 1.807) is 0 Å². The lowest BCUT2D eigenvalue weighted by atomic mass is 10.1. The van der Waals surface area contributed by atoms with Crippen LogP contribution in [0.25, 0.3) is 0 Å². The van der Waals surface area contributed by atoms with Gasteiger partial charge in [0.1, 0.15) is 0 Å². The predicted molar refractivity (Wildman–Crippen MR) is 128 cm³/mol. The molecule has 1 aliphatic rings. The maximum absolute atomic E-state index is 12.9. The Hall–Kier alpha value is -2.84. The van der Waals surface area contributed by atoms with Crippen LogP contribution < -0.4 is 10.2 Å². The van der Waals surface area contributed by atoms with Gasteiger partial charge in [-0.2, -0.15) is 0 Å². The number of benzene rings is 2. The van der Waals surface area contributed by atoms with Crippen LogP contribution >= 0.6 is 11.8 Å². The number of ether oxygens (including phenoxy) is 1. The van der Waals surface area contributed by atoms with E-state index in [0.717, 1.165) is 41.0 Å². The highest BCUT2D eigenvalue weighted by molar-refractivity contribution is 8.00. The van der Waals surface area contributed by atoms with E-state index in [0.29, 0.717) is 19.8 Å². The predicted octanol–water partition coefficient (Wildman–Crippen LogP) is 3.90. The Morgan fingerprint density at radius 1 is 1.12 bits per heavy atom. The average molecular weight is 452 g/mol. The molecule has 1 amide bonds. The van der Waals surface area contributed by atoms with Gasteiger partial charge >= 0.3 is 0 Å². The molecule has 8 heteroatoms. The third-order valence-corrected chi connectivity index (χ3v) is 6.55. The second-order valence-corrected chi connectivity index (χ2v) is 9.33. The highest BCUT2D eigenvalue weighted by atomic mass is 32.2. The van der Waals surface area contributed by atoms with Crippen molar-refractivity contribution in [1.29, 1.82) is 0 Å². The Morgan fingerprint density at radius 3 is 2.59 bits per heavy atom. The van der Waals surface area contributed by atoms with Gasteiger partial charge in [0.05, 0.1) is 25.0 Å². The molecule has 0 aliphatic carbocycles. The molecule has 2 aromatic carbocycles. The van der Waals surface area contributed by atoms with Gasteiger partial charge in [0.2, 0.25) is 11.9 Å². The number of aromatic nitrogens is 3. The van der Waals surface area contributed by atoms with Gasteiger partial charge in [0, 0.05) is 18.8 Å². The Labute approximate surface area is 193 Å². The van der Waals surface area contributed by atoms with Crippen LogP contribution in [-0.2, 0) is 16.1 Å². The summed E-state index contributed by atoms with van der Waals surface area (Å²) in [5, 5.41) is 12.4. The van der Waals surface area contributed by atoms with E-state index < -0.39 is 0 Å². The van der Waals surface area contributed by atoms with Crippen molar-refractivity contribution in [2.24, 2.45) is 0 Å². The van der Waals surface area contributed by atoms with E-state index >= 15 is 0 Å². The van der Waals surface area contributed by atoms with Gasteiger partial charge in [-0.15, -0.1) is 10.2 Å². The Kier molecular flexibility index (Phi) is 7.12. The molecular formula is C24H29N5O2S. The molecule has 32 heavy (non-hydrogen) atoms. The Morgan fingerprint density at radius 2 is 1.88 bits per heavy atom. The van der Waals surface area contributed by atoms with Crippen molar-refractivity contribution < 1.29 is 9.53 Å². The summed E-state index contributed by atoms with van der Waals surface area (Å²) >= 11 is 1.43. The number of aryl methyl sites for hydroxylation is 2. The maximum Gasteiger partial charge on any atom is 0.237 e. The summed E-state index contributed by atoms with van der Waals surface area (Å²) in [5.74, 6) is 0.769. The number of amides is 1. The minimum atomic E-state index is -0.327. The maximum atomic E-state index is 12.9. The Balaban J connectivity index is 1.53. The standard InChI is InChI=1S/C24H29N5O2S/c1-17-9-10-21(18(2)15-17)25-22(30)19(3)32-24-27-26-23(28-11-13-31-14-12-28)29(24)16-20-7-5-4-6-8-20/h4-10,15,19H,11-14,16H2,1-3H3,(H,25,30). The fourth-order valence-corrected chi connectivity index (χ4v) is 4.51. The molecule has 168 valence electrons. The lowest BCUT2D eigenvalue weighted by Crippen LogP contribution is -2.38. The van der Waals surface area contributed by atoms with Gasteiger partial charge in [-0.05, 0) is 38.0 Å². The summed E-state index contributed by atoms with van der Waals surface area (Å²) in [7, 11) is 0. The fraction of sp³-hybridized carbons (Fsp3) is 0.375. The van der Waals surface area contributed by atoms with Crippen LogP contribution in [0, 0.1) is 13.8 Å². The summed E-state index contributed by atoms with van der Waals surface area (Å²) < 4.78 is 7.60. The van der Waals surface area contributed by atoms with Crippen molar-refractivity contribution in [2.45, 2.75) is 37.7 Å². The summed E-state index contributed by atoms with van der Waals surface area (Å²) in [6, 6.07) is 16.3. The topological polar surface area (TPSA) is 72.3 Å². The molecule has 0 radical (unpaired) electrons. The number of morpholine rings is 1. The summed E-state index contributed by atoms with van der Waals surface area (Å²) in [4.78, 5) is 15.1. The van der Waals surface area contributed by atoms with E-state index in [-0.39, 0.29) is 11.2 Å². The highest BCUT2D eigenvalue weighted by Crippen LogP contribution is 2.28. The number of carbonyl (C=O) groups excluding carboxylic acids is 1. The number of nitrogens with zero attached hydrogens (tertiary/aromatic N) is 4. The molecule has 0 bridgehead atoms.